The van der Waals surface area contributed by atoms with E-state index in [-0.39, 0.29) is 22.5 Å². The summed E-state index contributed by atoms with van der Waals surface area (Å²) in [6, 6.07) is 17.1. The van der Waals surface area contributed by atoms with Gasteiger partial charge in [0.15, 0.2) is 5.09 Å². The molecule has 0 bridgehead atoms. The van der Waals surface area contributed by atoms with Crippen molar-refractivity contribution in [3.8, 4) is 0 Å². The molecule has 3 aromatic rings. The summed E-state index contributed by atoms with van der Waals surface area (Å²) in [7, 11) is -2.18. The third-order valence-electron chi connectivity index (χ3n) is 4.98. The van der Waals surface area contributed by atoms with Crippen LogP contribution in [0.15, 0.2) is 70.2 Å². The second-order valence-electron chi connectivity index (χ2n) is 12.0. The second kappa shape index (κ2) is 18.8. The van der Waals surface area contributed by atoms with Crippen molar-refractivity contribution >= 4 is 15.4 Å². The van der Waals surface area contributed by atoms with Gasteiger partial charge in [0, 0.05) is 21.7 Å². The zero-order chi connectivity index (χ0) is 31.7. The molecule has 0 fully saturated rings. The largest absolute Gasteiger partial charge is 0.453 e. The van der Waals surface area contributed by atoms with Gasteiger partial charge in [0.25, 0.3) is 0 Å². The molecule has 0 aliphatic carbocycles. The molecule has 3 nitrogen and oxygen atoms in total. The lowest BCUT2D eigenvalue weighted by molar-refractivity contribution is 0.410. The van der Waals surface area contributed by atoms with E-state index in [1.165, 1.54) is 18.6 Å². The number of rotatable bonds is 2. The highest BCUT2D eigenvalue weighted by atomic mass is 32.2. The van der Waals surface area contributed by atoms with E-state index in [1.54, 1.807) is 36.6 Å². The van der Waals surface area contributed by atoms with Crippen LogP contribution in [0.3, 0.4) is 0 Å². The van der Waals surface area contributed by atoms with Gasteiger partial charge >= 0.3 is 0 Å². The molecule has 0 saturated heterocycles. The third-order valence-corrected chi connectivity index (χ3v) is 6.05. The molecular weight excluding hydrogens is 524 g/mol. The molecule has 0 aliphatic heterocycles. The predicted octanol–water partition coefficient (Wildman–Crippen LogP) is 9.74. The molecule has 1 unspecified atom stereocenters. The van der Waals surface area contributed by atoms with Gasteiger partial charge in [-0.05, 0) is 70.8 Å². The Labute approximate surface area is 244 Å². The first-order valence-electron chi connectivity index (χ1n) is 13.9. The predicted molar refractivity (Wildman–Crippen MR) is 173 cm³/mol. The van der Waals surface area contributed by atoms with Gasteiger partial charge in [-0.3, -0.25) is 4.21 Å². The van der Waals surface area contributed by atoms with E-state index in [4.69, 9.17) is 10.2 Å². The molecule has 1 heterocycles. The maximum atomic E-state index is 12.7. The van der Waals surface area contributed by atoms with Crippen LogP contribution in [0.1, 0.15) is 105 Å². The fraction of sp³-hybridized carbons (Fsp3) is 0.500. The molecule has 0 saturated carbocycles. The number of furan rings is 1. The van der Waals surface area contributed by atoms with E-state index in [2.05, 4.69) is 61.3 Å². The molecule has 1 atom stereocenters. The third kappa shape index (κ3) is 18.0. The van der Waals surface area contributed by atoms with E-state index >= 15 is 0 Å². The van der Waals surface area contributed by atoms with Crippen LogP contribution in [0.4, 0.5) is 8.78 Å². The molecule has 0 amide bonds. The van der Waals surface area contributed by atoms with Crippen molar-refractivity contribution in [2.45, 2.75) is 104 Å². The molecule has 0 radical (unpaired) electrons. The van der Waals surface area contributed by atoms with Crippen molar-refractivity contribution < 1.29 is 17.4 Å². The maximum absolute atomic E-state index is 12.7. The Hall–Kier alpha value is -2.44. The summed E-state index contributed by atoms with van der Waals surface area (Å²) in [6.07, 6.45) is 2.83. The van der Waals surface area contributed by atoms with Crippen molar-refractivity contribution in [3.63, 3.8) is 0 Å². The summed E-state index contributed by atoms with van der Waals surface area (Å²) in [6.45, 7) is 23.4. The Morgan fingerprint density at radius 2 is 1.18 bits per heavy atom. The summed E-state index contributed by atoms with van der Waals surface area (Å²) in [5.41, 5.74) is 7.01. The highest BCUT2D eigenvalue weighted by Gasteiger charge is 2.14. The number of hydrogen-bond acceptors (Lipinski definition) is 3. The molecule has 2 aromatic carbocycles. The van der Waals surface area contributed by atoms with Gasteiger partial charge in [-0.25, -0.2) is 8.78 Å². The quantitative estimate of drug-likeness (QED) is 0.307. The van der Waals surface area contributed by atoms with Crippen molar-refractivity contribution in [2.75, 3.05) is 12.8 Å². The highest BCUT2D eigenvalue weighted by molar-refractivity contribution is 7.99. The van der Waals surface area contributed by atoms with Crippen LogP contribution in [0.5, 0.6) is 0 Å². The standard InChI is InChI=1S/2C10H13F.C9H14O2S.C3H8.C2H7N/c2*1-10(2,3)8-5-4-6-9(11)7-8;1-7(2)8-5-6-9(11-8)12(3,4)10;1-3-2;1-2-3/h2*4-7H,1-3H3;5-7H,3H2,1-2,4H3;3H2,1-2H3;2-3H2,1H3. The summed E-state index contributed by atoms with van der Waals surface area (Å²) >= 11 is 0. The molecule has 3 rings (SSSR count). The van der Waals surface area contributed by atoms with Crippen LogP contribution in [-0.4, -0.2) is 22.9 Å². The van der Waals surface area contributed by atoms with Gasteiger partial charge in [-0.2, -0.15) is 0 Å². The molecule has 228 valence electrons. The Balaban J connectivity index is 0. The number of benzene rings is 2. The Kier molecular flexibility index (Phi) is 18.7. The minimum absolute atomic E-state index is 0.0437. The van der Waals surface area contributed by atoms with Gasteiger partial charge in [0.2, 0.25) is 0 Å². The summed E-state index contributed by atoms with van der Waals surface area (Å²) in [5, 5.41) is 0.492. The van der Waals surface area contributed by atoms with E-state index < -0.39 is 9.52 Å². The fourth-order valence-corrected chi connectivity index (χ4v) is 3.42. The average molecular weight is 580 g/mol. The number of nitrogens with two attached hydrogens (primary N) is 1. The average Bonchev–Trinajstić information content (AvgIpc) is 3.32. The van der Waals surface area contributed by atoms with Gasteiger partial charge in [0.1, 0.15) is 17.4 Å². The van der Waals surface area contributed by atoms with Crippen LogP contribution in [0.2, 0.25) is 0 Å². The summed E-state index contributed by atoms with van der Waals surface area (Å²) in [5.74, 6) is 4.43. The number of hydrogen-bond donors (Lipinski definition) is 1. The van der Waals surface area contributed by atoms with E-state index in [1.807, 2.05) is 39.0 Å². The van der Waals surface area contributed by atoms with E-state index in [9.17, 15) is 13.0 Å². The first-order chi connectivity index (χ1) is 18.2. The van der Waals surface area contributed by atoms with E-state index in [0.29, 0.717) is 11.0 Å². The summed E-state index contributed by atoms with van der Waals surface area (Å²) in [4.78, 5) is 0. The first-order valence-corrected chi connectivity index (χ1v) is 16.0. The maximum Gasteiger partial charge on any atom is 0.182 e. The Morgan fingerprint density at radius 1 is 0.825 bits per heavy atom. The second-order valence-corrected chi connectivity index (χ2v) is 14.4. The van der Waals surface area contributed by atoms with Crippen molar-refractivity contribution in [1.82, 2.24) is 0 Å². The smallest absolute Gasteiger partial charge is 0.182 e. The molecule has 0 spiro atoms. The molecule has 40 heavy (non-hydrogen) atoms. The zero-order valence-electron chi connectivity index (χ0n) is 27.0. The topological polar surface area (TPSA) is 56.2 Å². The normalized spacial score (nSPS) is 12.2. The molecule has 0 aliphatic rings. The summed E-state index contributed by atoms with van der Waals surface area (Å²) < 4.78 is 42.2. The SMILES string of the molecule is C=S(C)(=O)c1ccc(C(C)C)o1.CC(C)(C)c1cccc(F)c1.CC(C)(C)c1cccc(F)c1.CCC.CCN. The zero-order valence-corrected chi connectivity index (χ0v) is 27.8. The number of halogens is 2. The minimum Gasteiger partial charge on any atom is -0.453 e. The first kappa shape index (κ1) is 39.7. The fourth-order valence-electron chi connectivity index (χ4n) is 2.79. The van der Waals surface area contributed by atoms with Crippen molar-refractivity contribution in [3.05, 3.63) is 89.2 Å². The van der Waals surface area contributed by atoms with Crippen molar-refractivity contribution in [1.29, 1.82) is 0 Å². The Bertz CT molecular complexity index is 1130. The lowest BCUT2D eigenvalue weighted by atomic mass is 9.87. The van der Waals surface area contributed by atoms with Gasteiger partial charge in [0.05, 0.1) is 0 Å². The van der Waals surface area contributed by atoms with Crippen LogP contribution < -0.4 is 5.73 Å². The van der Waals surface area contributed by atoms with Gasteiger partial charge in [-0.15, -0.1) is 0 Å². The Morgan fingerprint density at radius 3 is 1.35 bits per heavy atom. The van der Waals surface area contributed by atoms with Crippen LogP contribution >= 0.6 is 0 Å². The van der Waals surface area contributed by atoms with Crippen LogP contribution in [0.25, 0.3) is 0 Å². The minimum atomic E-state index is -2.18. The molecule has 2 N–H and O–H groups in total. The lowest BCUT2D eigenvalue weighted by Crippen LogP contribution is -2.10. The van der Waals surface area contributed by atoms with Gasteiger partial charge < -0.3 is 10.2 Å². The van der Waals surface area contributed by atoms with Gasteiger partial charge in [-0.1, -0.05) is 107 Å². The lowest BCUT2D eigenvalue weighted by Gasteiger charge is -2.18. The molecule has 6 heteroatoms. The highest BCUT2D eigenvalue weighted by Crippen LogP contribution is 2.23. The van der Waals surface area contributed by atoms with Crippen LogP contribution in [0, 0.1) is 11.6 Å². The van der Waals surface area contributed by atoms with Crippen LogP contribution in [-0.2, 0) is 20.4 Å². The molecular formula is C34H55F2NO2S. The van der Waals surface area contributed by atoms with Crippen molar-refractivity contribution in [2.24, 2.45) is 5.73 Å². The molecule has 1 aromatic heterocycles. The monoisotopic (exact) mass is 579 g/mol. The van der Waals surface area contributed by atoms with E-state index in [0.717, 1.165) is 23.4 Å².